The summed E-state index contributed by atoms with van der Waals surface area (Å²) in [5, 5.41) is 0.945. The van der Waals surface area contributed by atoms with E-state index in [1.165, 1.54) is 13.0 Å². The zero-order valence-electron chi connectivity index (χ0n) is 16.4. The van der Waals surface area contributed by atoms with Gasteiger partial charge in [-0.3, -0.25) is 9.59 Å². The lowest BCUT2D eigenvalue weighted by Crippen LogP contribution is -2.49. The van der Waals surface area contributed by atoms with E-state index in [1.54, 1.807) is 24.1 Å². The molecular formula is C22H22FN3O3. The summed E-state index contributed by atoms with van der Waals surface area (Å²) in [5.74, 6) is 0.0702. The molecule has 0 bridgehead atoms. The summed E-state index contributed by atoms with van der Waals surface area (Å²) in [7, 11) is 1.60. The first-order valence-corrected chi connectivity index (χ1v) is 9.48. The van der Waals surface area contributed by atoms with Gasteiger partial charge in [0.15, 0.2) is 5.78 Å². The molecule has 1 aliphatic rings. The van der Waals surface area contributed by atoms with Crippen molar-refractivity contribution in [2.75, 3.05) is 38.2 Å². The SMILES string of the molecule is COc1ccc2cc(C(=O)N3CCN(c4ccc(C(C)=O)cc4F)CC3)[nH]c2c1. The summed E-state index contributed by atoms with van der Waals surface area (Å²) >= 11 is 0. The van der Waals surface area contributed by atoms with Crippen LogP contribution in [0, 0.1) is 5.82 Å². The van der Waals surface area contributed by atoms with E-state index in [1.807, 2.05) is 29.2 Å². The van der Waals surface area contributed by atoms with Gasteiger partial charge in [-0.2, -0.15) is 0 Å². The van der Waals surface area contributed by atoms with Gasteiger partial charge in [0.25, 0.3) is 5.91 Å². The zero-order valence-corrected chi connectivity index (χ0v) is 16.4. The van der Waals surface area contributed by atoms with Gasteiger partial charge in [0, 0.05) is 48.7 Å². The number of H-pyrrole nitrogens is 1. The van der Waals surface area contributed by atoms with Gasteiger partial charge in [-0.25, -0.2) is 4.39 Å². The number of rotatable bonds is 4. The van der Waals surface area contributed by atoms with Gasteiger partial charge in [-0.15, -0.1) is 0 Å². The Kier molecular flexibility index (Phi) is 4.96. The van der Waals surface area contributed by atoms with Gasteiger partial charge in [-0.05, 0) is 43.3 Å². The molecule has 4 rings (SSSR count). The molecule has 7 heteroatoms. The lowest BCUT2D eigenvalue weighted by molar-refractivity contribution is 0.0741. The maximum Gasteiger partial charge on any atom is 0.270 e. The predicted octanol–water partition coefficient (Wildman–Crippen LogP) is 3.48. The highest BCUT2D eigenvalue weighted by Gasteiger charge is 2.25. The minimum absolute atomic E-state index is 0.0767. The molecule has 0 aliphatic carbocycles. The van der Waals surface area contributed by atoms with Crippen LogP contribution in [0.15, 0.2) is 42.5 Å². The number of hydrogen-bond acceptors (Lipinski definition) is 4. The molecule has 29 heavy (non-hydrogen) atoms. The standard InChI is InChI=1S/C22H22FN3O3/c1-14(27)15-4-6-21(18(23)11-15)25-7-9-26(10-8-25)22(28)20-12-16-3-5-17(29-2)13-19(16)24-20/h3-6,11-13,24H,7-10H2,1-2H3. The van der Waals surface area contributed by atoms with Crippen LogP contribution < -0.4 is 9.64 Å². The van der Waals surface area contributed by atoms with Crippen LogP contribution >= 0.6 is 0 Å². The Labute approximate surface area is 167 Å². The van der Waals surface area contributed by atoms with Gasteiger partial charge < -0.3 is 19.5 Å². The first-order valence-electron chi connectivity index (χ1n) is 9.48. The number of fused-ring (bicyclic) bond motifs is 1. The highest BCUT2D eigenvalue weighted by atomic mass is 19.1. The maximum absolute atomic E-state index is 14.4. The molecule has 0 unspecified atom stereocenters. The molecule has 1 aliphatic heterocycles. The van der Waals surface area contributed by atoms with Gasteiger partial charge >= 0.3 is 0 Å². The van der Waals surface area contributed by atoms with E-state index in [-0.39, 0.29) is 11.7 Å². The maximum atomic E-state index is 14.4. The molecule has 2 heterocycles. The Morgan fingerprint density at radius 3 is 2.45 bits per heavy atom. The van der Waals surface area contributed by atoms with Gasteiger partial charge in [-0.1, -0.05) is 0 Å². The van der Waals surface area contributed by atoms with Crippen molar-refractivity contribution in [1.82, 2.24) is 9.88 Å². The fourth-order valence-electron chi connectivity index (χ4n) is 3.65. The fourth-order valence-corrected chi connectivity index (χ4v) is 3.65. The number of aromatic amines is 1. The molecule has 0 spiro atoms. The van der Waals surface area contributed by atoms with Crippen molar-refractivity contribution in [2.24, 2.45) is 0 Å². The van der Waals surface area contributed by atoms with Crippen molar-refractivity contribution in [1.29, 1.82) is 0 Å². The summed E-state index contributed by atoms with van der Waals surface area (Å²) < 4.78 is 19.6. The zero-order chi connectivity index (χ0) is 20.5. The Hall–Kier alpha value is -3.35. The lowest BCUT2D eigenvalue weighted by atomic mass is 10.1. The number of methoxy groups -OCH3 is 1. The summed E-state index contributed by atoms with van der Waals surface area (Å²) in [6.45, 7) is 3.45. The number of ether oxygens (including phenoxy) is 1. The molecule has 1 saturated heterocycles. The van der Waals surface area contributed by atoms with E-state index in [9.17, 15) is 14.0 Å². The minimum atomic E-state index is -0.415. The highest BCUT2D eigenvalue weighted by molar-refractivity contribution is 5.98. The second kappa shape index (κ2) is 7.58. The smallest absolute Gasteiger partial charge is 0.270 e. The average molecular weight is 395 g/mol. The highest BCUT2D eigenvalue weighted by Crippen LogP contribution is 2.24. The first kappa shape index (κ1) is 19.0. The second-order valence-corrected chi connectivity index (χ2v) is 7.14. The molecule has 2 aromatic carbocycles. The number of Topliss-reactive ketones (excluding diaryl/α,β-unsaturated/α-hetero) is 1. The summed E-state index contributed by atoms with van der Waals surface area (Å²) in [6, 6.07) is 12.0. The molecular weight excluding hydrogens is 373 g/mol. The Balaban J connectivity index is 1.45. The molecule has 1 amide bonds. The third-order valence-corrected chi connectivity index (χ3v) is 5.32. The van der Waals surface area contributed by atoms with E-state index in [0.29, 0.717) is 43.1 Å². The van der Waals surface area contributed by atoms with Crippen molar-refractivity contribution in [3.63, 3.8) is 0 Å². The number of carbonyl (C=O) groups excluding carboxylic acids is 2. The van der Waals surface area contributed by atoms with Crippen LogP contribution in [0.4, 0.5) is 10.1 Å². The van der Waals surface area contributed by atoms with E-state index >= 15 is 0 Å². The Morgan fingerprint density at radius 2 is 1.79 bits per heavy atom. The van der Waals surface area contributed by atoms with Crippen molar-refractivity contribution in [3.8, 4) is 5.75 Å². The predicted molar refractivity (Wildman–Crippen MR) is 109 cm³/mol. The average Bonchev–Trinajstić information content (AvgIpc) is 3.16. The number of piperazine rings is 1. The molecule has 1 fully saturated rings. The van der Waals surface area contributed by atoms with E-state index < -0.39 is 5.82 Å². The Morgan fingerprint density at radius 1 is 1.03 bits per heavy atom. The molecule has 150 valence electrons. The molecule has 1 N–H and O–H groups in total. The van der Waals surface area contributed by atoms with E-state index in [4.69, 9.17) is 4.74 Å². The first-order chi connectivity index (χ1) is 14.0. The van der Waals surface area contributed by atoms with Crippen molar-refractivity contribution >= 4 is 28.3 Å². The fraction of sp³-hybridized carbons (Fsp3) is 0.273. The third-order valence-electron chi connectivity index (χ3n) is 5.32. The molecule has 0 saturated carbocycles. The number of benzene rings is 2. The summed E-state index contributed by atoms with van der Waals surface area (Å²) in [4.78, 5) is 31.1. The topological polar surface area (TPSA) is 65.6 Å². The monoisotopic (exact) mass is 395 g/mol. The van der Waals surface area contributed by atoms with Crippen LogP contribution in [0.25, 0.3) is 10.9 Å². The lowest BCUT2D eigenvalue weighted by Gasteiger charge is -2.36. The Bertz CT molecular complexity index is 1080. The minimum Gasteiger partial charge on any atom is -0.497 e. The number of hydrogen-bond donors (Lipinski definition) is 1. The van der Waals surface area contributed by atoms with Crippen LogP contribution in [0.5, 0.6) is 5.75 Å². The van der Waals surface area contributed by atoms with Crippen LogP contribution in [0.2, 0.25) is 0 Å². The number of nitrogens with one attached hydrogen (secondary N) is 1. The van der Waals surface area contributed by atoms with Crippen LogP contribution in [0.1, 0.15) is 27.8 Å². The quantitative estimate of drug-likeness (QED) is 0.687. The van der Waals surface area contributed by atoms with Crippen molar-refractivity contribution < 1.29 is 18.7 Å². The van der Waals surface area contributed by atoms with Crippen LogP contribution in [-0.2, 0) is 0 Å². The third kappa shape index (κ3) is 3.68. The largest absolute Gasteiger partial charge is 0.497 e. The van der Waals surface area contributed by atoms with Crippen molar-refractivity contribution in [3.05, 3.63) is 59.5 Å². The normalized spacial score (nSPS) is 14.3. The number of amides is 1. The molecule has 6 nitrogen and oxygen atoms in total. The van der Waals surface area contributed by atoms with Gasteiger partial charge in [0.2, 0.25) is 0 Å². The molecule has 3 aromatic rings. The number of anilines is 1. The molecule has 0 atom stereocenters. The molecule has 1 aromatic heterocycles. The van der Waals surface area contributed by atoms with Gasteiger partial charge in [0.1, 0.15) is 17.3 Å². The van der Waals surface area contributed by atoms with E-state index in [2.05, 4.69) is 4.98 Å². The number of carbonyl (C=O) groups is 2. The second-order valence-electron chi connectivity index (χ2n) is 7.14. The van der Waals surface area contributed by atoms with Crippen LogP contribution in [0.3, 0.4) is 0 Å². The molecule has 0 radical (unpaired) electrons. The van der Waals surface area contributed by atoms with E-state index in [0.717, 1.165) is 16.7 Å². The number of nitrogens with zero attached hydrogens (tertiary/aromatic N) is 2. The van der Waals surface area contributed by atoms with Crippen LogP contribution in [-0.4, -0.2) is 54.9 Å². The summed E-state index contributed by atoms with van der Waals surface area (Å²) in [5.41, 5.74) is 2.19. The van der Waals surface area contributed by atoms with Crippen molar-refractivity contribution in [2.45, 2.75) is 6.92 Å². The number of aromatic nitrogens is 1. The summed E-state index contributed by atoms with van der Waals surface area (Å²) in [6.07, 6.45) is 0. The van der Waals surface area contributed by atoms with Gasteiger partial charge in [0.05, 0.1) is 12.8 Å². The number of halogens is 1. The number of ketones is 1.